The maximum Gasteiger partial charge on any atom is 0.228 e. The summed E-state index contributed by atoms with van der Waals surface area (Å²) in [5.41, 5.74) is 3.58. The van der Waals surface area contributed by atoms with Crippen LogP contribution in [-0.2, 0) is 0 Å². The van der Waals surface area contributed by atoms with Crippen LogP contribution in [0, 0.1) is 13.8 Å². The summed E-state index contributed by atoms with van der Waals surface area (Å²) in [6.45, 7) is 3.91. The molecule has 2 aromatic heterocycles. The largest absolute Gasteiger partial charge is 0.439 e. The summed E-state index contributed by atoms with van der Waals surface area (Å²) >= 11 is 0. The van der Waals surface area contributed by atoms with Crippen molar-refractivity contribution in [3.63, 3.8) is 0 Å². The van der Waals surface area contributed by atoms with E-state index in [1.54, 1.807) is 0 Å². The van der Waals surface area contributed by atoms with E-state index in [2.05, 4.69) is 0 Å². The fourth-order valence-electron chi connectivity index (χ4n) is 3.07. The number of oxazole rings is 1. The minimum atomic E-state index is 0.593. The molecule has 2 aromatic carbocycles. The molecule has 0 aliphatic carbocycles. The highest BCUT2D eigenvalue weighted by Gasteiger charge is 2.17. The summed E-state index contributed by atoms with van der Waals surface area (Å²) in [6.07, 6.45) is 0.886. The molecule has 0 N–H and O–H groups in total. The lowest BCUT2D eigenvalue weighted by molar-refractivity contribution is 0.112. The van der Waals surface area contributed by atoms with E-state index in [0.29, 0.717) is 11.5 Å². The van der Waals surface area contributed by atoms with Crippen molar-refractivity contribution in [3.8, 4) is 17.3 Å². The third kappa shape index (κ3) is 2.15. The lowest BCUT2D eigenvalue weighted by Gasteiger charge is -2.05. The van der Waals surface area contributed by atoms with Crippen LogP contribution in [0.5, 0.6) is 0 Å². The van der Waals surface area contributed by atoms with Gasteiger partial charge < -0.3 is 4.42 Å². The van der Waals surface area contributed by atoms with Crippen LogP contribution in [0.1, 0.15) is 21.8 Å². The molecule has 2 heterocycles. The molecule has 24 heavy (non-hydrogen) atoms. The SMILES string of the molecule is Cc1oc(-c2ccccc2)nc1-n1c(C)cc2c(C=O)cccc21. The minimum absolute atomic E-state index is 0.593. The van der Waals surface area contributed by atoms with Gasteiger partial charge in [-0.3, -0.25) is 9.36 Å². The van der Waals surface area contributed by atoms with E-state index in [4.69, 9.17) is 9.40 Å². The van der Waals surface area contributed by atoms with E-state index in [9.17, 15) is 4.79 Å². The Morgan fingerprint density at radius 3 is 2.58 bits per heavy atom. The topological polar surface area (TPSA) is 48.0 Å². The Morgan fingerprint density at radius 1 is 1.04 bits per heavy atom. The standard InChI is InChI=1S/C20H16N2O2/c1-13-11-17-16(12-23)9-6-10-18(17)22(13)19-14(2)24-20(21-19)15-7-4-3-5-8-15/h3-12H,1-2H3. The number of carbonyl (C=O) groups excluding carboxylic acids is 1. The number of fused-ring (bicyclic) bond motifs is 1. The lowest BCUT2D eigenvalue weighted by atomic mass is 10.1. The second-order valence-electron chi connectivity index (χ2n) is 5.78. The predicted molar refractivity (Wildman–Crippen MR) is 93.6 cm³/mol. The second kappa shape index (κ2) is 5.49. The molecule has 0 unspecified atom stereocenters. The molecule has 0 aliphatic heterocycles. The molecule has 0 radical (unpaired) electrons. The number of aromatic nitrogens is 2. The van der Waals surface area contributed by atoms with E-state index in [1.807, 2.05) is 73.0 Å². The van der Waals surface area contributed by atoms with Crippen molar-refractivity contribution >= 4 is 17.2 Å². The van der Waals surface area contributed by atoms with Gasteiger partial charge in [0.1, 0.15) is 5.76 Å². The fourth-order valence-corrected chi connectivity index (χ4v) is 3.07. The van der Waals surface area contributed by atoms with Gasteiger partial charge in [0, 0.05) is 22.2 Å². The molecule has 4 heteroatoms. The van der Waals surface area contributed by atoms with E-state index in [1.165, 1.54) is 0 Å². The highest BCUT2D eigenvalue weighted by molar-refractivity contribution is 5.98. The first-order valence-electron chi connectivity index (χ1n) is 7.78. The molecule has 4 nitrogen and oxygen atoms in total. The van der Waals surface area contributed by atoms with Crippen molar-refractivity contribution in [1.29, 1.82) is 0 Å². The fraction of sp³-hybridized carbons (Fsp3) is 0.100. The number of carbonyl (C=O) groups is 1. The summed E-state index contributed by atoms with van der Waals surface area (Å²) in [7, 11) is 0. The zero-order valence-electron chi connectivity index (χ0n) is 13.5. The van der Waals surface area contributed by atoms with Crippen LogP contribution in [0.15, 0.2) is 59.0 Å². The van der Waals surface area contributed by atoms with Crippen molar-refractivity contribution in [3.05, 3.63) is 71.6 Å². The summed E-state index contributed by atoms with van der Waals surface area (Å²) < 4.78 is 7.92. The Balaban J connectivity index is 1.94. The lowest BCUT2D eigenvalue weighted by Crippen LogP contribution is -1.98. The minimum Gasteiger partial charge on any atom is -0.439 e. The Morgan fingerprint density at radius 2 is 1.83 bits per heavy atom. The molecule has 0 bridgehead atoms. The maximum atomic E-state index is 11.3. The van der Waals surface area contributed by atoms with Gasteiger partial charge in [0.05, 0.1) is 5.52 Å². The number of hydrogen-bond acceptors (Lipinski definition) is 3. The van der Waals surface area contributed by atoms with Crippen molar-refractivity contribution in [2.75, 3.05) is 0 Å². The van der Waals surface area contributed by atoms with E-state index in [-0.39, 0.29) is 0 Å². The highest BCUT2D eigenvalue weighted by Crippen LogP contribution is 2.30. The van der Waals surface area contributed by atoms with Crippen molar-refractivity contribution in [2.45, 2.75) is 13.8 Å². The number of aldehydes is 1. The van der Waals surface area contributed by atoms with Crippen LogP contribution in [0.2, 0.25) is 0 Å². The number of rotatable bonds is 3. The molecule has 0 spiro atoms. The monoisotopic (exact) mass is 316 g/mol. The first-order valence-corrected chi connectivity index (χ1v) is 7.78. The summed E-state index contributed by atoms with van der Waals surface area (Å²) in [5.74, 6) is 2.09. The smallest absolute Gasteiger partial charge is 0.228 e. The highest BCUT2D eigenvalue weighted by atomic mass is 16.4. The molecule has 0 saturated carbocycles. The van der Waals surface area contributed by atoms with Crippen LogP contribution < -0.4 is 0 Å². The van der Waals surface area contributed by atoms with Crippen LogP contribution in [-0.4, -0.2) is 15.8 Å². The molecule has 0 atom stereocenters. The molecule has 4 aromatic rings. The Hall–Kier alpha value is -3.14. The third-order valence-corrected chi connectivity index (χ3v) is 4.20. The quantitative estimate of drug-likeness (QED) is 0.514. The van der Waals surface area contributed by atoms with Crippen LogP contribution in [0.4, 0.5) is 0 Å². The van der Waals surface area contributed by atoms with Gasteiger partial charge in [-0.25, -0.2) is 0 Å². The average Bonchev–Trinajstić information content (AvgIpc) is 3.14. The van der Waals surface area contributed by atoms with Gasteiger partial charge in [0.25, 0.3) is 0 Å². The molecule has 0 fully saturated rings. The van der Waals surface area contributed by atoms with Crippen molar-refractivity contribution < 1.29 is 9.21 Å². The molecular formula is C20H16N2O2. The number of hydrogen-bond donors (Lipinski definition) is 0. The summed E-state index contributed by atoms with van der Waals surface area (Å²) in [6, 6.07) is 17.5. The Bertz CT molecular complexity index is 1040. The van der Waals surface area contributed by atoms with Gasteiger partial charge in [0.2, 0.25) is 5.89 Å². The molecular weight excluding hydrogens is 300 g/mol. The van der Waals surface area contributed by atoms with Crippen LogP contribution in [0.25, 0.3) is 28.2 Å². The van der Waals surface area contributed by atoms with E-state index < -0.39 is 0 Å². The van der Waals surface area contributed by atoms with Gasteiger partial charge in [-0.2, -0.15) is 4.98 Å². The Labute approximate surface area is 139 Å². The van der Waals surface area contributed by atoms with Crippen LogP contribution in [0.3, 0.4) is 0 Å². The van der Waals surface area contributed by atoms with Gasteiger partial charge >= 0.3 is 0 Å². The van der Waals surface area contributed by atoms with Crippen LogP contribution >= 0.6 is 0 Å². The summed E-state index contributed by atoms with van der Waals surface area (Å²) in [5, 5.41) is 0.925. The number of nitrogens with zero attached hydrogens (tertiary/aromatic N) is 2. The average molecular weight is 316 g/mol. The summed E-state index contributed by atoms with van der Waals surface area (Å²) in [4.78, 5) is 16.0. The normalized spacial score (nSPS) is 11.1. The maximum absolute atomic E-state index is 11.3. The second-order valence-corrected chi connectivity index (χ2v) is 5.78. The number of benzene rings is 2. The van der Waals surface area contributed by atoms with Gasteiger partial charge in [-0.15, -0.1) is 0 Å². The molecule has 118 valence electrons. The number of aryl methyl sites for hydroxylation is 2. The predicted octanol–water partition coefficient (Wildman–Crippen LogP) is 4.71. The van der Waals surface area contributed by atoms with Gasteiger partial charge in [-0.1, -0.05) is 30.3 Å². The van der Waals surface area contributed by atoms with Crippen molar-refractivity contribution in [1.82, 2.24) is 9.55 Å². The third-order valence-electron chi connectivity index (χ3n) is 4.20. The Kier molecular flexibility index (Phi) is 3.31. The molecule has 0 aliphatic rings. The molecule has 0 saturated heterocycles. The van der Waals surface area contributed by atoms with Crippen molar-refractivity contribution in [2.24, 2.45) is 0 Å². The van der Waals surface area contributed by atoms with E-state index in [0.717, 1.165) is 40.0 Å². The first-order chi connectivity index (χ1) is 11.7. The first kappa shape index (κ1) is 14.5. The van der Waals surface area contributed by atoms with Gasteiger partial charge in [-0.05, 0) is 38.1 Å². The van der Waals surface area contributed by atoms with Gasteiger partial charge in [0.15, 0.2) is 12.1 Å². The molecule has 0 amide bonds. The zero-order valence-corrected chi connectivity index (χ0v) is 13.5. The van der Waals surface area contributed by atoms with E-state index >= 15 is 0 Å². The zero-order chi connectivity index (χ0) is 16.7. The molecule has 4 rings (SSSR count).